The molecule has 1 fully saturated rings. The van der Waals surface area contributed by atoms with Crippen molar-refractivity contribution in [1.82, 2.24) is 4.98 Å². The third-order valence-corrected chi connectivity index (χ3v) is 3.86. The van der Waals surface area contributed by atoms with Gasteiger partial charge in [0.05, 0.1) is 38.2 Å². The second kappa shape index (κ2) is 6.86. The van der Waals surface area contributed by atoms with Gasteiger partial charge in [0.15, 0.2) is 0 Å². The summed E-state index contributed by atoms with van der Waals surface area (Å²) < 4.78 is 16.5. The van der Waals surface area contributed by atoms with Gasteiger partial charge in [0, 0.05) is 28.6 Å². The first-order valence-electron chi connectivity index (χ1n) is 7.19. The van der Waals surface area contributed by atoms with Crippen LogP contribution in [0.5, 0.6) is 11.6 Å². The van der Waals surface area contributed by atoms with Crippen LogP contribution in [0.25, 0.3) is 11.1 Å². The molecule has 1 saturated heterocycles. The summed E-state index contributed by atoms with van der Waals surface area (Å²) in [5.74, 6) is 1.03. The van der Waals surface area contributed by atoms with Gasteiger partial charge in [-0.25, -0.2) is 4.98 Å². The molecule has 1 aliphatic rings. The Morgan fingerprint density at radius 1 is 1.35 bits per heavy atom. The lowest BCUT2D eigenvalue weighted by molar-refractivity contribution is 0.141. The van der Waals surface area contributed by atoms with Crippen LogP contribution < -0.4 is 9.47 Å². The van der Waals surface area contributed by atoms with Gasteiger partial charge >= 0.3 is 0 Å². The van der Waals surface area contributed by atoms with Crippen molar-refractivity contribution >= 4 is 11.6 Å². The fraction of sp³-hybridized carbons (Fsp3) is 0.294. The van der Waals surface area contributed by atoms with Crippen molar-refractivity contribution in [3.05, 3.63) is 41.0 Å². The van der Waals surface area contributed by atoms with Crippen LogP contribution in [0.3, 0.4) is 0 Å². The summed E-state index contributed by atoms with van der Waals surface area (Å²) in [6, 6.07) is 9.05. The molecule has 0 amide bonds. The molecule has 23 heavy (non-hydrogen) atoms. The maximum absolute atomic E-state index is 9.37. The molecule has 0 aliphatic carbocycles. The van der Waals surface area contributed by atoms with E-state index in [0.717, 1.165) is 12.0 Å². The molecule has 2 aromatic rings. The molecule has 5 nitrogen and oxygen atoms in total. The summed E-state index contributed by atoms with van der Waals surface area (Å²) in [6.45, 7) is 1.23. The van der Waals surface area contributed by atoms with Crippen LogP contribution in [0.4, 0.5) is 0 Å². The van der Waals surface area contributed by atoms with Crippen LogP contribution in [0.2, 0.25) is 5.02 Å². The molecule has 0 bridgehead atoms. The molecule has 1 aliphatic heterocycles. The summed E-state index contributed by atoms with van der Waals surface area (Å²) >= 11 is 6.10. The predicted octanol–water partition coefficient (Wildman–Crippen LogP) is 3.45. The van der Waals surface area contributed by atoms with Gasteiger partial charge in [-0.3, -0.25) is 0 Å². The van der Waals surface area contributed by atoms with Gasteiger partial charge < -0.3 is 14.2 Å². The molecule has 0 N–H and O–H groups in total. The van der Waals surface area contributed by atoms with E-state index in [9.17, 15) is 5.26 Å². The van der Waals surface area contributed by atoms with Crippen LogP contribution in [0.1, 0.15) is 12.0 Å². The van der Waals surface area contributed by atoms with Crippen LogP contribution >= 0.6 is 11.6 Å². The topological polar surface area (TPSA) is 64.4 Å². The van der Waals surface area contributed by atoms with Crippen molar-refractivity contribution in [3.63, 3.8) is 0 Å². The smallest absolute Gasteiger partial charge is 0.213 e. The van der Waals surface area contributed by atoms with Crippen molar-refractivity contribution in [2.24, 2.45) is 0 Å². The second-order valence-corrected chi connectivity index (χ2v) is 5.56. The minimum atomic E-state index is -0.0198. The number of rotatable bonds is 4. The Morgan fingerprint density at radius 3 is 2.91 bits per heavy atom. The summed E-state index contributed by atoms with van der Waals surface area (Å²) in [6.07, 6.45) is 2.41. The van der Waals surface area contributed by atoms with Crippen molar-refractivity contribution in [2.75, 3.05) is 20.3 Å². The van der Waals surface area contributed by atoms with E-state index in [0.29, 0.717) is 41.0 Å². The number of hydrogen-bond donors (Lipinski definition) is 0. The molecule has 1 aromatic carbocycles. The van der Waals surface area contributed by atoms with Crippen molar-refractivity contribution in [2.45, 2.75) is 12.5 Å². The Kier molecular flexibility index (Phi) is 4.65. The standard InChI is InChI=1S/C17H15ClN2O3/c1-21-17-7-15(14-6-12(18)3-2-11(14)8-19)16(9-20-17)23-13-4-5-22-10-13/h2-3,6-7,9,13H,4-5,10H2,1H3/t13-/m1/s1. The van der Waals surface area contributed by atoms with Crippen LogP contribution in [0.15, 0.2) is 30.5 Å². The molecule has 2 heterocycles. The average Bonchev–Trinajstić information content (AvgIpc) is 3.08. The van der Waals surface area contributed by atoms with E-state index in [1.54, 1.807) is 37.6 Å². The molecule has 3 rings (SSSR count). The SMILES string of the molecule is COc1cc(-c2cc(Cl)ccc2C#N)c(O[C@@H]2CCOC2)cn1. The monoisotopic (exact) mass is 330 g/mol. The first-order valence-corrected chi connectivity index (χ1v) is 7.57. The number of nitrogens with zero attached hydrogens (tertiary/aromatic N) is 2. The molecular weight excluding hydrogens is 316 g/mol. The van der Waals surface area contributed by atoms with E-state index in [-0.39, 0.29) is 6.10 Å². The number of halogens is 1. The minimum Gasteiger partial charge on any atom is -0.486 e. The molecule has 6 heteroatoms. The summed E-state index contributed by atoms with van der Waals surface area (Å²) in [5.41, 5.74) is 1.92. The largest absolute Gasteiger partial charge is 0.486 e. The molecule has 1 atom stereocenters. The van der Waals surface area contributed by atoms with Crippen molar-refractivity contribution < 1.29 is 14.2 Å². The van der Waals surface area contributed by atoms with E-state index in [1.807, 2.05) is 0 Å². The average molecular weight is 331 g/mol. The molecule has 0 radical (unpaired) electrons. The number of aromatic nitrogens is 1. The third kappa shape index (κ3) is 3.39. The lowest BCUT2D eigenvalue weighted by atomic mass is 10.0. The fourth-order valence-electron chi connectivity index (χ4n) is 2.46. The van der Waals surface area contributed by atoms with Gasteiger partial charge in [-0.2, -0.15) is 5.26 Å². The fourth-order valence-corrected chi connectivity index (χ4v) is 2.63. The molecule has 0 saturated carbocycles. The number of pyridine rings is 1. The Balaban J connectivity index is 2.08. The second-order valence-electron chi connectivity index (χ2n) is 5.13. The van der Waals surface area contributed by atoms with E-state index in [4.69, 9.17) is 25.8 Å². The number of nitriles is 1. The lowest BCUT2D eigenvalue weighted by Gasteiger charge is -2.17. The number of benzene rings is 1. The van der Waals surface area contributed by atoms with Gasteiger partial charge in [-0.15, -0.1) is 0 Å². The Labute approximate surface area is 139 Å². The predicted molar refractivity (Wildman–Crippen MR) is 85.8 cm³/mol. The lowest BCUT2D eigenvalue weighted by Crippen LogP contribution is -2.16. The third-order valence-electron chi connectivity index (χ3n) is 3.63. The highest BCUT2D eigenvalue weighted by atomic mass is 35.5. The summed E-state index contributed by atoms with van der Waals surface area (Å²) in [7, 11) is 1.54. The Hall–Kier alpha value is -2.29. The zero-order chi connectivity index (χ0) is 16.2. The van der Waals surface area contributed by atoms with E-state index >= 15 is 0 Å². The number of hydrogen-bond acceptors (Lipinski definition) is 5. The number of methoxy groups -OCH3 is 1. The quantitative estimate of drug-likeness (QED) is 0.859. The highest BCUT2D eigenvalue weighted by Crippen LogP contribution is 2.36. The minimum absolute atomic E-state index is 0.0198. The molecule has 118 valence electrons. The van der Waals surface area contributed by atoms with Gasteiger partial charge in [-0.1, -0.05) is 11.6 Å². The van der Waals surface area contributed by atoms with Gasteiger partial charge in [0.1, 0.15) is 11.9 Å². The van der Waals surface area contributed by atoms with E-state index < -0.39 is 0 Å². The zero-order valence-corrected chi connectivity index (χ0v) is 13.3. The Bertz CT molecular complexity index is 752. The highest BCUT2D eigenvalue weighted by molar-refractivity contribution is 6.31. The first kappa shape index (κ1) is 15.6. The number of ether oxygens (including phenoxy) is 3. The molecule has 0 unspecified atom stereocenters. The highest BCUT2D eigenvalue weighted by Gasteiger charge is 2.21. The summed E-state index contributed by atoms with van der Waals surface area (Å²) in [4.78, 5) is 4.20. The molecule has 1 aromatic heterocycles. The zero-order valence-electron chi connectivity index (χ0n) is 12.6. The van der Waals surface area contributed by atoms with Crippen LogP contribution in [0, 0.1) is 11.3 Å². The van der Waals surface area contributed by atoms with E-state index in [1.165, 1.54) is 0 Å². The van der Waals surface area contributed by atoms with E-state index in [2.05, 4.69) is 11.1 Å². The van der Waals surface area contributed by atoms with Crippen LogP contribution in [-0.2, 0) is 4.74 Å². The van der Waals surface area contributed by atoms with Crippen molar-refractivity contribution in [3.8, 4) is 28.8 Å². The Morgan fingerprint density at radius 2 is 2.22 bits per heavy atom. The molecule has 0 spiro atoms. The first-order chi connectivity index (χ1) is 11.2. The summed E-state index contributed by atoms with van der Waals surface area (Å²) in [5, 5.41) is 9.92. The van der Waals surface area contributed by atoms with Gasteiger partial charge in [0.25, 0.3) is 0 Å². The maximum atomic E-state index is 9.37. The maximum Gasteiger partial charge on any atom is 0.213 e. The molecular formula is C17H15ClN2O3. The van der Waals surface area contributed by atoms with Gasteiger partial charge in [0.2, 0.25) is 5.88 Å². The van der Waals surface area contributed by atoms with Gasteiger partial charge in [-0.05, 0) is 18.2 Å². The van der Waals surface area contributed by atoms with Crippen LogP contribution in [-0.4, -0.2) is 31.4 Å². The normalized spacial score (nSPS) is 16.8. The van der Waals surface area contributed by atoms with Crippen molar-refractivity contribution in [1.29, 1.82) is 5.26 Å².